The van der Waals surface area contributed by atoms with Crippen molar-refractivity contribution in [1.82, 2.24) is 0 Å². The van der Waals surface area contributed by atoms with E-state index in [1.54, 1.807) is 29.2 Å². The normalized spacial score (nSPS) is 16.1. The van der Waals surface area contributed by atoms with Crippen LogP contribution in [0.25, 0.3) is 66.8 Å². The van der Waals surface area contributed by atoms with Gasteiger partial charge in [-0.3, -0.25) is 0 Å². The van der Waals surface area contributed by atoms with Gasteiger partial charge in [-0.15, -0.1) is 0 Å². The zero-order valence-electron chi connectivity index (χ0n) is 48.2. The van der Waals surface area contributed by atoms with Crippen molar-refractivity contribution in [2.24, 2.45) is 0 Å². The molecule has 1 aliphatic rings. The Kier molecular flexibility index (Phi) is 4.83. The minimum Gasteiger partial charge on any atom is -0.456 e. The third kappa shape index (κ3) is 6.34. The average molecular weight is 735 g/mol. The first-order chi connectivity index (χ1) is 35.7. The molecule has 0 fully saturated rings. The number of benzene rings is 9. The van der Waals surface area contributed by atoms with E-state index in [9.17, 15) is 12.3 Å². The molecule has 10 rings (SSSR count). The van der Waals surface area contributed by atoms with Crippen LogP contribution in [-0.4, -0.2) is 0 Å². The fourth-order valence-corrected chi connectivity index (χ4v) is 6.55. The number of hydrogen-bond acceptors (Lipinski definition) is 2. The van der Waals surface area contributed by atoms with Crippen molar-refractivity contribution < 1.29 is 30.8 Å². The molecule has 0 bridgehead atoms. The first kappa shape index (κ1) is 18.8. The Morgan fingerprint density at radius 3 is 1.34 bits per heavy atom. The molecule has 9 aromatic carbocycles. The molecule has 9 aromatic rings. The fraction of sp³-hybridized carbons (Fsp3) is 0. The van der Waals surface area contributed by atoms with Gasteiger partial charge in [0.2, 0.25) is 0 Å². The molecular weight excluding hydrogens is 679 g/mol. The lowest BCUT2D eigenvalue weighted by molar-refractivity contribution is 0.488. The summed E-state index contributed by atoms with van der Waals surface area (Å²) in [6.07, 6.45) is 0. The second kappa shape index (κ2) is 14.4. The summed E-state index contributed by atoms with van der Waals surface area (Å²) in [5.41, 5.74) is -1.08. The Hall–Kier alpha value is -7.42. The van der Waals surface area contributed by atoms with Crippen LogP contribution in [0.3, 0.4) is 0 Å². The molecule has 0 atom stereocenters. The summed E-state index contributed by atoms with van der Waals surface area (Å²) in [5.74, 6) is -1.34. The summed E-state index contributed by atoms with van der Waals surface area (Å²) >= 11 is 0. The summed E-state index contributed by atoms with van der Waals surface area (Å²) in [6, 6.07) is 17.8. The standard InChI is InChI=1S/C54H37NO/c1-5-13-38(14-6-1)42-21-27-46(28-22-42)55(47-29-23-43(24-30-47)39-15-7-2-8-16-39)48-31-33-50-51-35-44(40-17-9-3-10-18-40)25-32-49(51)52-36-45(41-19-11-4-12-20-41)26-34-53(52)56-54(50)37-48/h1-37H/i3D,4D,9D,10D,11D,12D,17D,18D,19D,20D,25D,26D,31D,32D,33D,34D,35D,36D,37D. The lowest BCUT2D eigenvalue weighted by atomic mass is 9.90. The maximum atomic E-state index is 10.1. The maximum absolute atomic E-state index is 10.1. The molecule has 1 aliphatic heterocycles. The van der Waals surface area contributed by atoms with Gasteiger partial charge in [-0.25, -0.2) is 0 Å². The quantitative estimate of drug-likeness (QED) is 0.162. The maximum Gasteiger partial charge on any atom is 0.137 e. The first-order valence-electron chi connectivity index (χ1n) is 27.0. The monoisotopic (exact) mass is 734 g/mol. The van der Waals surface area contributed by atoms with Gasteiger partial charge in [-0.1, -0.05) is 163 Å². The molecule has 2 heteroatoms. The predicted octanol–water partition coefficient (Wildman–Crippen LogP) is 15.3. The number of rotatable bonds is 7. The van der Waals surface area contributed by atoms with Gasteiger partial charge >= 0.3 is 0 Å². The van der Waals surface area contributed by atoms with Crippen LogP contribution < -0.4 is 9.64 Å². The summed E-state index contributed by atoms with van der Waals surface area (Å²) < 4.78 is 180. The van der Waals surface area contributed by atoms with E-state index in [0.717, 1.165) is 22.3 Å². The molecule has 0 N–H and O–H groups in total. The minimum absolute atomic E-state index is 0.260. The SMILES string of the molecule is [2H]c1c([2H])c([2H])c(-c2c([2H])c([2H])c3c(c2[2H])-c2c([2H])c([2H])c(-c4c([2H])c([2H])c([2H])c([2H])c4[2H])c([2H])c2-c2c([2H])c([2H])c(N(c4ccc(-c5ccccc5)cc4)c4ccc(-c5ccccc5)cc4)c([2H])c2O3)c([2H])c1[2H]. The molecule has 2 nitrogen and oxygen atoms in total. The first-order valence-corrected chi connectivity index (χ1v) is 17.5. The Labute approximate surface area is 354 Å². The molecule has 1 heterocycles. The molecule has 264 valence electrons. The summed E-state index contributed by atoms with van der Waals surface area (Å²) in [6.45, 7) is 0. The van der Waals surface area contributed by atoms with Gasteiger partial charge < -0.3 is 9.64 Å². The second-order valence-corrected chi connectivity index (χ2v) is 12.6. The Bertz CT molecular complexity index is 3750. The second-order valence-electron chi connectivity index (χ2n) is 12.6. The molecule has 0 saturated heterocycles. The molecule has 0 unspecified atom stereocenters. The van der Waals surface area contributed by atoms with Crippen LogP contribution in [0.4, 0.5) is 17.1 Å². The third-order valence-electron chi connectivity index (χ3n) is 9.25. The number of anilines is 3. The van der Waals surface area contributed by atoms with E-state index in [2.05, 4.69) is 0 Å². The Balaban J connectivity index is 1.33. The van der Waals surface area contributed by atoms with Crippen LogP contribution in [0.1, 0.15) is 26.0 Å². The summed E-state index contributed by atoms with van der Waals surface area (Å²) in [5, 5.41) is 0. The molecule has 0 saturated carbocycles. The lowest BCUT2D eigenvalue weighted by Gasteiger charge is -2.27. The lowest BCUT2D eigenvalue weighted by Crippen LogP contribution is -2.10. The van der Waals surface area contributed by atoms with Crippen molar-refractivity contribution in [1.29, 1.82) is 0 Å². The van der Waals surface area contributed by atoms with E-state index in [-0.39, 0.29) is 5.69 Å². The highest BCUT2D eigenvalue weighted by Gasteiger charge is 2.24. The number of nitrogens with zero attached hydrogens (tertiary/aromatic N) is 1. The molecule has 0 spiro atoms. The highest BCUT2D eigenvalue weighted by molar-refractivity contribution is 5.95. The van der Waals surface area contributed by atoms with Gasteiger partial charge in [-0.05, 0) is 110 Å². The van der Waals surface area contributed by atoms with Crippen LogP contribution in [0.15, 0.2) is 224 Å². The van der Waals surface area contributed by atoms with E-state index in [1.165, 1.54) is 0 Å². The zero-order chi connectivity index (χ0) is 53.8. The highest BCUT2D eigenvalue weighted by atomic mass is 16.5. The van der Waals surface area contributed by atoms with E-state index in [1.807, 2.05) is 84.9 Å². The van der Waals surface area contributed by atoms with Gasteiger partial charge in [0.25, 0.3) is 0 Å². The van der Waals surface area contributed by atoms with Crippen molar-refractivity contribution in [3.8, 4) is 78.3 Å². The number of hydrogen-bond donors (Lipinski definition) is 0. The van der Waals surface area contributed by atoms with Crippen LogP contribution in [-0.2, 0) is 0 Å². The van der Waals surface area contributed by atoms with Crippen LogP contribution in [0.5, 0.6) is 11.5 Å². The van der Waals surface area contributed by atoms with Crippen LogP contribution in [0, 0.1) is 0 Å². The highest BCUT2D eigenvalue weighted by Crippen LogP contribution is 2.50. The smallest absolute Gasteiger partial charge is 0.137 e. The molecule has 0 radical (unpaired) electrons. The Morgan fingerprint density at radius 2 is 0.786 bits per heavy atom. The van der Waals surface area contributed by atoms with E-state index < -0.39 is 171 Å². The van der Waals surface area contributed by atoms with Gasteiger partial charge in [0.15, 0.2) is 0 Å². The summed E-state index contributed by atoms with van der Waals surface area (Å²) in [4.78, 5) is 1.54. The van der Waals surface area contributed by atoms with Gasteiger partial charge in [-0.2, -0.15) is 0 Å². The fourth-order valence-electron chi connectivity index (χ4n) is 6.55. The molecule has 0 aliphatic carbocycles. The van der Waals surface area contributed by atoms with E-state index in [0.29, 0.717) is 11.4 Å². The topological polar surface area (TPSA) is 12.5 Å². The van der Waals surface area contributed by atoms with Crippen molar-refractivity contribution in [3.63, 3.8) is 0 Å². The Morgan fingerprint density at radius 1 is 0.304 bits per heavy atom. The van der Waals surface area contributed by atoms with Gasteiger partial charge in [0.05, 0.1) is 26.0 Å². The number of ether oxygens (including phenoxy) is 1. The minimum atomic E-state index is -0.915. The van der Waals surface area contributed by atoms with Crippen molar-refractivity contribution in [2.45, 2.75) is 0 Å². The van der Waals surface area contributed by atoms with Crippen molar-refractivity contribution in [3.05, 3.63) is 224 Å². The van der Waals surface area contributed by atoms with E-state index >= 15 is 0 Å². The third-order valence-corrected chi connectivity index (χ3v) is 9.25. The molecule has 56 heavy (non-hydrogen) atoms. The molecular formula is C54H37NO. The average Bonchev–Trinajstić information content (AvgIpc) is 3.62. The van der Waals surface area contributed by atoms with Gasteiger partial charge in [0, 0.05) is 34.2 Å². The van der Waals surface area contributed by atoms with Gasteiger partial charge in [0.1, 0.15) is 11.5 Å². The van der Waals surface area contributed by atoms with E-state index in [4.69, 9.17) is 18.4 Å². The molecule has 0 amide bonds. The van der Waals surface area contributed by atoms with Crippen molar-refractivity contribution >= 4 is 17.1 Å². The zero-order valence-corrected chi connectivity index (χ0v) is 29.2. The number of fused-ring (bicyclic) bond motifs is 5. The van der Waals surface area contributed by atoms with Crippen molar-refractivity contribution in [2.75, 3.05) is 4.90 Å². The largest absolute Gasteiger partial charge is 0.456 e. The summed E-state index contributed by atoms with van der Waals surface area (Å²) in [7, 11) is 0. The molecule has 0 aromatic heterocycles. The van der Waals surface area contributed by atoms with Crippen LogP contribution >= 0.6 is 0 Å². The van der Waals surface area contributed by atoms with Crippen LogP contribution in [0.2, 0.25) is 0 Å². The predicted molar refractivity (Wildman–Crippen MR) is 234 cm³/mol.